The van der Waals surface area contributed by atoms with Gasteiger partial charge in [-0.2, -0.15) is 0 Å². The first-order valence-electron chi connectivity index (χ1n) is 13.6. The highest BCUT2D eigenvalue weighted by Gasteiger charge is 2.09. The molecule has 4 aromatic carbocycles. The van der Waals surface area contributed by atoms with Gasteiger partial charge in [-0.1, -0.05) is 48.5 Å². The fourth-order valence-corrected chi connectivity index (χ4v) is 5.06. The summed E-state index contributed by atoms with van der Waals surface area (Å²) in [5.41, 5.74) is 10.4. The molecule has 7 aliphatic heterocycles. The molecule has 4 nitrogen and oxygen atoms in total. The van der Waals surface area contributed by atoms with Crippen molar-refractivity contribution in [3.63, 3.8) is 0 Å². The summed E-state index contributed by atoms with van der Waals surface area (Å²) in [7, 11) is 8.72. The van der Waals surface area contributed by atoms with Crippen molar-refractivity contribution >= 4 is 22.7 Å². The topological polar surface area (TPSA) is 13.0 Å². The van der Waals surface area contributed by atoms with Crippen LogP contribution in [0.25, 0.3) is 0 Å². The number of rotatable bonds is 0. The fraction of sp³-hybridized carbons (Fsp3) is 0.294. The largest absolute Gasteiger partial charge is 0.373 e. The van der Waals surface area contributed by atoms with Crippen molar-refractivity contribution in [2.24, 2.45) is 0 Å². The minimum Gasteiger partial charge on any atom is -0.373 e. The van der Waals surface area contributed by atoms with Gasteiger partial charge in [0.15, 0.2) is 0 Å². The molecular weight excluding hydrogens is 464 g/mol. The van der Waals surface area contributed by atoms with Crippen molar-refractivity contribution in [3.8, 4) is 0 Å². The quantitative estimate of drug-likeness (QED) is 0.278. The first-order valence-corrected chi connectivity index (χ1v) is 13.6. The molecule has 38 heavy (non-hydrogen) atoms. The molecule has 0 unspecified atom stereocenters. The van der Waals surface area contributed by atoms with E-state index in [1.807, 2.05) is 0 Å². The summed E-state index contributed by atoms with van der Waals surface area (Å²) in [6.45, 7) is 3.86. The second kappa shape index (κ2) is 11.6. The highest BCUT2D eigenvalue weighted by atomic mass is 15.2. The van der Waals surface area contributed by atoms with Gasteiger partial charge in [0.25, 0.3) is 0 Å². The molecule has 4 aromatic rings. The Morgan fingerprint density at radius 2 is 0.500 bits per heavy atom. The molecule has 7 heterocycles. The summed E-state index contributed by atoms with van der Waals surface area (Å²) in [5, 5.41) is 0. The van der Waals surface area contributed by atoms with E-state index in [9.17, 15) is 0 Å². The van der Waals surface area contributed by atoms with Crippen LogP contribution >= 0.6 is 0 Å². The number of benzene rings is 4. The molecular formula is C34H40N4. The summed E-state index contributed by atoms with van der Waals surface area (Å²) in [5.74, 6) is 0. The van der Waals surface area contributed by atoms with E-state index in [2.05, 4.69) is 145 Å². The average Bonchev–Trinajstić information content (AvgIpc) is 2.95. The monoisotopic (exact) mass is 504 g/mol. The maximum atomic E-state index is 2.34. The molecule has 0 aromatic heterocycles. The number of hydrogen-bond acceptors (Lipinski definition) is 4. The number of hydrogen-bond donors (Lipinski definition) is 0. The molecule has 0 aliphatic carbocycles. The van der Waals surface area contributed by atoms with Crippen LogP contribution < -0.4 is 19.6 Å². The summed E-state index contributed by atoms with van der Waals surface area (Å²) < 4.78 is 0. The summed E-state index contributed by atoms with van der Waals surface area (Å²) in [4.78, 5) is 9.35. The van der Waals surface area contributed by atoms with Gasteiger partial charge in [0, 0.05) is 77.1 Å². The summed E-state index contributed by atoms with van der Waals surface area (Å²) >= 11 is 0. The zero-order valence-electron chi connectivity index (χ0n) is 23.3. The molecule has 0 spiro atoms. The van der Waals surface area contributed by atoms with Crippen LogP contribution in [0.15, 0.2) is 97.1 Å². The van der Waals surface area contributed by atoms with Crippen LogP contribution in [0.2, 0.25) is 0 Å². The molecule has 0 N–H and O–H groups in total. The maximum Gasteiger partial charge on any atom is 0.0364 e. The minimum absolute atomic E-state index is 0.950. The molecule has 0 atom stereocenters. The predicted molar refractivity (Wildman–Crippen MR) is 164 cm³/mol. The number of likely N-dealkylation sites (N-methyl/N-ethyl adjacent to an activating group) is 4. The van der Waals surface area contributed by atoms with Crippen LogP contribution in [-0.2, 0) is 12.8 Å². The molecule has 0 saturated carbocycles. The Hall–Kier alpha value is -3.92. The van der Waals surface area contributed by atoms with Gasteiger partial charge in [0.1, 0.15) is 0 Å². The second-order valence-electron chi connectivity index (χ2n) is 10.7. The van der Waals surface area contributed by atoms with E-state index in [0.29, 0.717) is 0 Å². The molecule has 0 saturated heterocycles. The predicted octanol–water partition coefficient (Wildman–Crippen LogP) is 6.33. The first-order chi connectivity index (χ1) is 18.4. The zero-order chi connectivity index (χ0) is 26.5. The normalized spacial score (nSPS) is 15.1. The van der Waals surface area contributed by atoms with Crippen molar-refractivity contribution in [3.05, 3.63) is 119 Å². The fourth-order valence-electron chi connectivity index (χ4n) is 5.06. The molecule has 11 rings (SSSR count). The van der Waals surface area contributed by atoms with Crippen molar-refractivity contribution in [2.75, 3.05) is 74.0 Å². The van der Waals surface area contributed by atoms with Crippen molar-refractivity contribution in [2.45, 2.75) is 12.8 Å². The van der Waals surface area contributed by atoms with E-state index in [1.165, 1.54) is 45.0 Å². The third-order valence-corrected chi connectivity index (χ3v) is 7.87. The molecule has 0 fully saturated rings. The second-order valence-corrected chi connectivity index (χ2v) is 10.7. The third-order valence-electron chi connectivity index (χ3n) is 7.87. The van der Waals surface area contributed by atoms with Crippen molar-refractivity contribution < 1.29 is 0 Å². The Labute approximate surface area is 228 Å². The van der Waals surface area contributed by atoms with E-state index in [0.717, 1.165) is 39.0 Å². The average molecular weight is 505 g/mol. The SMILES string of the molecule is CN1CCN(C)c2ccc(cc2)Cc2ccc(cc2)N(C)CCN(C)c2ccc(cc2)Cc2ccc1cc2. The molecule has 0 amide bonds. The summed E-state index contributed by atoms with van der Waals surface area (Å²) in [6, 6.07) is 36.1. The third kappa shape index (κ3) is 6.31. The minimum atomic E-state index is 0.950. The van der Waals surface area contributed by atoms with Crippen molar-refractivity contribution in [1.82, 2.24) is 0 Å². The lowest BCUT2D eigenvalue weighted by atomic mass is 10.0. The zero-order valence-corrected chi connectivity index (χ0v) is 23.3. The molecule has 7 aliphatic rings. The van der Waals surface area contributed by atoms with Gasteiger partial charge in [-0.3, -0.25) is 0 Å². The number of nitrogens with zero attached hydrogens (tertiary/aromatic N) is 4. The van der Waals surface area contributed by atoms with Crippen LogP contribution in [0.5, 0.6) is 0 Å². The highest BCUT2D eigenvalue weighted by molar-refractivity contribution is 5.53. The van der Waals surface area contributed by atoms with E-state index in [1.54, 1.807) is 0 Å². The molecule has 8 bridgehead atoms. The van der Waals surface area contributed by atoms with Crippen LogP contribution in [0.3, 0.4) is 0 Å². The van der Waals surface area contributed by atoms with Crippen LogP contribution in [-0.4, -0.2) is 54.4 Å². The maximum absolute atomic E-state index is 2.34. The molecule has 196 valence electrons. The Morgan fingerprint density at radius 1 is 0.316 bits per heavy atom. The Bertz CT molecular complexity index is 1090. The van der Waals surface area contributed by atoms with Gasteiger partial charge in [0.2, 0.25) is 0 Å². The lowest BCUT2D eigenvalue weighted by Crippen LogP contribution is -2.30. The standard InChI is InChI=1S/C34H40N4/c1-35-21-22-36(2)32-15-7-29(8-16-32)26-30-11-19-34(20-12-30)38(4)24-23-37(3)33-17-9-28(10-18-33)25-27-5-13-31(35)14-6-27/h5-20H,21-26H2,1-4H3. The van der Waals surface area contributed by atoms with Gasteiger partial charge in [-0.25, -0.2) is 0 Å². The van der Waals surface area contributed by atoms with Crippen LogP contribution in [0.1, 0.15) is 22.3 Å². The van der Waals surface area contributed by atoms with Gasteiger partial charge < -0.3 is 19.6 Å². The number of anilines is 4. The Kier molecular flexibility index (Phi) is 7.88. The van der Waals surface area contributed by atoms with Crippen molar-refractivity contribution in [1.29, 1.82) is 0 Å². The summed E-state index contributed by atoms with van der Waals surface area (Å²) in [6.07, 6.45) is 1.90. The van der Waals surface area contributed by atoms with Gasteiger partial charge in [0.05, 0.1) is 0 Å². The molecule has 4 heteroatoms. The van der Waals surface area contributed by atoms with Gasteiger partial charge in [-0.05, 0) is 83.6 Å². The Balaban J connectivity index is 1.36. The van der Waals surface area contributed by atoms with Gasteiger partial charge in [-0.15, -0.1) is 0 Å². The molecule has 0 radical (unpaired) electrons. The van der Waals surface area contributed by atoms with E-state index in [4.69, 9.17) is 0 Å². The van der Waals surface area contributed by atoms with E-state index in [-0.39, 0.29) is 0 Å². The van der Waals surface area contributed by atoms with E-state index < -0.39 is 0 Å². The lowest BCUT2D eigenvalue weighted by Gasteiger charge is -2.26. The Morgan fingerprint density at radius 3 is 0.684 bits per heavy atom. The van der Waals surface area contributed by atoms with Crippen LogP contribution in [0, 0.1) is 0 Å². The van der Waals surface area contributed by atoms with E-state index >= 15 is 0 Å². The van der Waals surface area contributed by atoms with Gasteiger partial charge >= 0.3 is 0 Å². The highest BCUT2D eigenvalue weighted by Crippen LogP contribution is 2.22. The first kappa shape index (κ1) is 25.7. The lowest BCUT2D eigenvalue weighted by molar-refractivity contribution is 0.832. The smallest absolute Gasteiger partial charge is 0.0364 e. The van der Waals surface area contributed by atoms with Crippen LogP contribution in [0.4, 0.5) is 22.7 Å².